The highest BCUT2D eigenvalue weighted by molar-refractivity contribution is 5.89. The van der Waals surface area contributed by atoms with Crippen LogP contribution in [0.5, 0.6) is 0 Å². The first-order valence-corrected chi connectivity index (χ1v) is 9.07. The van der Waals surface area contributed by atoms with Gasteiger partial charge in [-0.1, -0.05) is 48.0 Å². The predicted molar refractivity (Wildman–Crippen MR) is 103 cm³/mol. The Hall–Kier alpha value is -2.82. The van der Waals surface area contributed by atoms with Crippen molar-refractivity contribution in [3.63, 3.8) is 0 Å². The van der Waals surface area contributed by atoms with E-state index in [4.69, 9.17) is 0 Å². The molecule has 0 spiro atoms. The molecule has 136 valence electrons. The van der Waals surface area contributed by atoms with Gasteiger partial charge in [0.05, 0.1) is 6.04 Å². The maximum Gasteiger partial charge on any atom is 0.319 e. The average molecular weight is 351 g/mol. The number of hydrogen-bond donors (Lipinski definition) is 3. The molecule has 1 saturated carbocycles. The Morgan fingerprint density at radius 3 is 2.38 bits per heavy atom. The zero-order chi connectivity index (χ0) is 18.4. The van der Waals surface area contributed by atoms with Gasteiger partial charge < -0.3 is 16.0 Å². The van der Waals surface area contributed by atoms with Crippen molar-refractivity contribution in [2.45, 2.75) is 32.2 Å². The summed E-state index contributed by atoms with van der Waals surface area (Å²) in [5.74, 6) is 0.485. The minimum atomic E-state index is -0.304. The number of carbonyl (C=O) groups excluding carboxylic acids is 2. The van der Waals surface area contributed by atoms with Crippen LogP contribution in [0, 0.1) is 12.8 Å². The number of anilines is 1. The van der Waals surface area contributed by atoms with Crippen molar-refractivity contribution in [2.24, 2.45) is 5.92 Å². The van der Waals surface area contributed by atoms with Crippen molar-refractivity contribution in [2.75, 3.05) is 11.9 Å². The monoisotopic (exact) mass is 351 g/mol. The van der Waals surface area contributed by atoms with E-state index < -0.39 is 0 Å². The Bertz CT molecular complexity index is 740. The summed E-state index contributed by atoms with van der Waals surface area (Å²) in [6, 6.07) is 17.3. The van der Waals surface area contributed by atoms with Gasteiger partial charge in [-0.2, -0.15) is 0 Å². The summed E-state index contributed by atoms with van der Waals surface area (Å²) in [4.78, 5) is 24.1. The van der Waals surface area contributed by atoms with Gasteiger partial charge in [-0.05, 0) is 43.4 Å². The summed E-state index contributed by atoms with van der Waals surface area (Å²) < 4.78 is 0. The van der Waals surface area contributed by atoms with Crippen LogP contribution in [0.2, 0.25) is 0 Å². The highest BCUT2D eigenvalue weighted by Gasteiger charge is 2.33. The zero-order valence-corrected chi connectivity index (χ0v) is 15.0. The molecule has 3 amide bonds. The standard InChI is InChI=1S/C21H25N3O2/c1-15-7-9-16(10-8-15)20(17-11-12-17)24-19(25)13-14-22-21(26)23-18-5-3-2-4-6-18/h2-10,17,20H,11-14H2,1H3,(H,24,25)(H2,22,23,26)/t20-/m0/s1. The molecule has 1 aliphatic rings. The Kier molecular flexibility index (Phi) is 5.89. The van der Waals surface area contributed by atoms with E-state index in [0.29, 0.717) is 12.5 Å². The van der Waals surface area contributed by atoms with E-state index in [9.17, 15) is 9.59 Å². The average Bonchev–Trinajstić information content (AvgIpc) is 3.46. The molecular formula is C21H25N3O2. The summed E-state index contributed by atoms with van der Waals surface area (Å²) in [6.45, 7) is 2.36. The number of para-hydroxylation sites is 1. The van der Waals surface area contributed by atoms with Crippen LogP contribution in [0.25, 0.3) is 0 Å². The molecule has 0 radical (unpaired) electrons. The fourth-order valence-corrected chi connectivity index (χ4v) is 2.91. The fraction of sp³-hybridized carbons (Fsp3) is 0.333. The van der Waals surface area contributed by atoms with Crippen molar-refractivity contribution < 1.29 is 9.59 Å². The van der Waals surface area contributed by atoms with Crippen LogP contribution in [0.4, 0.5) is 10.5 Å². The lowest BCUT2D eigenvalue weighted by molar-refractivity contribution is -0.121. The van der Waals surface area contributed by atoms with Gasteiger partial charge in [0.25, 0.3) is 0 Å². The first-order valence-electron chi connectivity index (χ1n) is 9.07. The first kappa shape index (κ1) is 18.0. The van der Waals surface area contributed by atoms with Crippen molar-refractivity contribution in [1.82, 2.24) is 10.6 Å². The van der Waals surface area contributed by atoms with Crippen LogP contribution in [-0.4, -0.2) is 18.5 Å². The number of urea groups is 1. The van der Waals surface area contributed by atoms with E-state index in [0.717, 1.165) is 24.1 Å². The SMILES string of the molecule is Cc1ccc([C@H](NC(=O)CCNC(=O)Nc2ccccc2)C2CC2)cc1. The minimum Gasteiger partial charge on any atom is -0.349 e. The van der Waals surface area contributed by atoms with Gasteiger partial charge in [-0.15, -0.1) is 0 Å². The molecule has 0 unspecified atom stereocenters. The van der Waals surface area contributed by atoms with Crippen molar-refractivity contribution in [1.29, 1.82) is 0 Å². The quantitative estimate of drug-likeness (QED) is 0.710. The lowest BCUT2D eigenvalue weighted by Gasteiger charge is -2.19. The van der Waals surface area contributed by atoms with Crippen molar-refractivity contribution >= 4 is 17.6 Å². The molecule has 0 bridgehead atoms. The normalized spacial score (nSPS) is 14.3. The second kappa shape index (κ2) is 8.52. The number of rotatable bonds is 7. The molecule has 5 nitrogen and oxygen atoms in total. The lowest BCUT2D eigenvalue weighted by Crippen LogP contribution is -2.35. The van der Waals surface area contributed by atoms with Gasteiger partial charge in [-0.3, -0.25) is 4.79 Å². The molecule has 0 aromatic heterocycles. The van der Waals surface area contributed by atoms with Gasteiger partial charge in [-0.25, -0.2) is 4.79 Å². The molecule has 26 heavy (non-hydrogen) atoms. The summed E-state index contributed by atoms with van der Waals surface area (Å²) in [5, 5.41) is 8.58. The molecular weight excluding hydrogens is 326 g/mol. The zero-order valence-electron chi connectivity index (χ0n) is 15.0. The lowest BCUT2D eigenvalue weighted by atomic mass is 10.0. The summed E-state index contributed by atoms with van der Waals surface area (Å²) in [6.07, 6.45) is 2.56. The van der Waals surface area contributed by atoms with Crippen LogP contribution in [0.15, 0.2) is 54.6 Å². The molecule has 2 aromatic carbocycles. The molecule has 3 rings (SSSR count). The number of aryl methyl sites for hydroxylation is 1. The summed E-state index contributed by atoms with van der Waals surface area (Å²) in [7, 11) is 0. The topological polar surface area (TPSA) is 70.2 Å². The molecule has 5 heteroatoms. The summed E-state index contributed by atoms with van der Waals surface area (Å²) >= 11 is 0. The largest absolute Gasteiger partial charge is 0.349 e. The third-order valence-corrected chi connectivity index (χ3v) is 4.52. The molecule has 1 aliphatic carbocycles. The second-order valence-corrected chi connectivity index (χ2v) is 6.79. The van der Waals surface area contributed by atoms with E-state index >= 15 is 0 Å². The van der Waals surface area contributed by atoms with E-state index in [-0.39, 0.29) is 24.4 Å². The highest BCUT2D eigenvalue weighted by Crippen LogP contribution is 2.41. The minimum absolute atomic E-state index is 0.0394. The highest BCUT2D eigenvalue weighted by atomic mass is 16.2. The second-order valence-electron chi connectivity index (χ2n) is 6.79. The Morgan fingerprint density at radius 1 is 1.04 bits per heavy atom. The van der Waals surface area contributed by atoms with Crippen LogP contribution in [-0.2, 0) is 4.79 Å². The number of carbonyl (C=O) groups is 2. The Labute approximate surface area is 154 Å². The van der Waals surface area contributed by atoms with Crippen LogP contribution in [0.3, 0.4) is 0 Å². The number of benzene rings is 2. The molecule has 0 heterocycles. The maximum absolute atomic E-state index is 12.3. The Balaban J connectivity index is 1.44. The molecule has 1 fully saturated rings. The van der Waals surface area contributed by atoms with E-state index in [2.05, 4.69) is 47.1 Å². The molecule has 3 N–H and O–H groups in total. The third-order valence-electron chi connectivity index (χ3n) is 4.52. The first-order chi connectivity index (χ1) is 12.6. The maximum atomic E-state index is 12.3. The molecule has 1 atom stereocenters. The smallest absolute Gasteiger partial charge is 0.319 e. The van der Waals surface area contributed by atoms with Crippen LogP contribution < -0.4 is 16.0 Å². The number of amides is 3. The van der Waals surface area contributed by atoms with Crippen LogP contribution >= 0.6 is 0 Å². The summed E-state index contributed by atoms with van der Waals surface area (Å²) in [5.41, 5.74) is 3.09. The predicted octanol–water partition coefficient (Wildman–Crippen LogP) is 3.77. The van der Waals surface area contributed by atoms with Gasteiger partial charge in [0, 0.05) is 18.7 Å². The van der Waals surface area contributed by atoms with Gasteiger partial charge in [0.2, 0.25) is 5.91 Å². The number of hydrogen-bond acceptors (Lipinski definition) is 2. The van der Waals surface area contributed by atoms with Crippen molar-refractivity contribution in [3.8, 4) is 0 Å². The van der Waals surface area contributed by atoms with Crippen molar-refractivity contribution in [3.05, 3.63) is 65.7 Å². The molecule has 2 aromatic rings. The molecule has 0 aliphatic heterocycles. The fourth-order valence-electron chi connectivity index (χ4n) is 2.91. The number of nitrogens with one attached hydrogen (secondary N) is 3. The van der Waals surface area contributed by atoms with Gasteiger partial charge >= 0.3 is 6.03 Å². The molecule has 0 saturated heterocycles. The third kappa shape index (κ3) is 5.34. The van der Waals surface area contributed by atoms with Gasteiger partial charge in [0.15, 0.2) is 0 Å². The van der Waals surface area contributed by atoms with Gasteiger partial charge in [0.1, 0.15) is 0 Å². The van der Waals surface area contributed by atoms with E-state index in [1.165, 1.54) is 5.56 Å². The Morgan fingerprint density at radius 2 is 1.73 bits per heavy atom. The van der Waals surface area contributed by atoms with E-state index in [1.54, 1.807) is 0 Å². The van der Waals surface area contributed by atoms with Crippen LogP contribution in [0.1, 0.15) is 36.4 Å². The van der Waals surface area contributed by atoms with E-state index in [1.807, 2.05) is 30.3 Å².